The number of rotatable bonds is 4. The molecule has 30 heavy (non-hydrogen) atoms. The van der Waals surface area contributed by atoms with Crippen LogP contribution in [0.2, 0.25) is 0 Å². The molecule has 1 aliphatic heterocycles. The largest absolute Gasteiger partial charge is 0.312 e. The minimum atomic E-state index is -3.70. The zero-order chi connectivity index (χ0) is 20.7. The number of benzene rings is 3. The molecule has 3 aromatic carbocycles. The van der Waals surface area contributed by atoms with Gasteiger partial charge in [0.2, 0.25) is 5.91 Å². The Labute approximate surface area is 176 Å². The predicted octanol–water partition coefficient (Wildman–Crippen LogP) is 4.72. The van der Waals surface area contributed by atoms with E-state index in [0.717, 1.165) is 54.1 Å². The van der Waals surface area contributed by atoms with Crippen molar-refractivity contribution in [2.24, 2.45) is 5.92 Å². The average molecular weight is 421 g/mol. The molecular formula is C24H24N2O3S. The Morgan fingerprint density at radius 3 is 2.50 bits per heavy atom. The molecule has 3 aromatic rings. The molecule has 1 saturated carbocycles. The lowest BCUT2D eigenvalue weighted by atomic mass is 10.1. The summed E-state index contributed by atoms with van der Waals surface area (Å²) in [6, 6.07) is 18.3. The lowest BCUT2D eigenvalue weighted by molar-refractivity contribution is -0.122. The molecule has 1 N–H and O–H groups in total. The van der Waals surface area contributed by atoms with E-state index in [1.165, 1.54) is 0 Å². The molecule has 5 nitrogen and oxygen atoms in total. The summed E-state index contributed by atoms with van der Waals surface area (Å²) in [7, 11) is -3.70. The number of carbonyl (C=O) groups is 1. The van der Waals surface area contributed by atoms with Crippen LogP contribution in [0, 0.1) is 5.92 Å². The van der Waals surface area contributed by atoms with E-state index in [0.29, 0.717) is 12.2 Å². The predicted molar refractivity (Wildman–Crippen MR) is 119 cm³/mol. The van der Waals surface area contributed by atoms with Crippen molar-refractivity contribution in [3.8, 4) is 0 Å². The fourth-order valence-corrected chi connectivity index (χ4v) is 5.72. The van der Waals surface area contributed by atoms with Gasteiger partial charge in [0.1, 0.15) is 0 Å². The summed E-state index contributed by atoms with van der Waals surface area (Å²) in [6.45, 7) is 0.672. The third-order valence-corrected chi connectivity index (χ3v) is 7.61. The van der Waals surface area contributed by atoms with Crippen LogP contribution in [0.5, 0.6) is 0 Å². The maximum Gasteiger partial charge on any atom is 0.261 e. The van der Waals surface area contributed by atoms with Gasteiger partial charge >= 0.3 is 0 Å². The van der Waals surface area contributed by atoms with Crippen molar-refractivity contribution in [1.29, 1.82) is 0 Å². The Hall–Kier alpha value is -2.86. The van der Waals surface area contributed by atoms with Gasteiger partial charge in [-0.05, 0) is 65.9 Å². The summed E-state index contributed by atoms with van der Waals surface area (Å²) in [4.78, 5) is 14.9. The highest BCUT2D eigenvalue weighted by Gasteiger charge is 2.32. The highest BCUT2D eigenvalue weighted by Crippen LogP contribution is 2.35. The number of sulfonamides is 1. The number of amides is 1. The van der Waals surface area contributed by atoms with Crippen LogP contribution in [-0.4, -0.2) is 20.9 Å². The van der Waals surface area contributed by atoms with E-state index in [1.807, 2.05) is 47.4 Å². The highest BCUT2D eigenvalue weighted by molar-refractivity contribution is 7.92. The third-order valence-electron chi connectivity index (χ3n) is 6.23. The quantitative estimate of drug-likeness (QED) is 0.664. The lowest BCUT2D eigenvalue weighted by Gasteiger charge is -2.21. The molecule has 6 heteroatoms. The first-order chi connectivity index (χ1) is 14.5. The Balaban J connectivity index is 1.38. The molecule has 1 fully saturated rings. The van der Waals surface area contributed by atoms with E-state index >= 15 is 0 Å². The standard InChI is InChI=1S/C24H24N2O3S/c27-24(18-6-2-3-7-18)26-14-13-20-15-21(10-12-23(20)26)25-30(28,29)22-11-9-17-5-1-4-8-19(17)16-22/h1,4-5,8-12,15-16,18,25H,2-3,6-7,13-14H2. The molecular weight excluding hydrogens is 396 g/mol. The summed E-state index contributed by atoms with van der Waals surface area (Å²) < 4.78 is 28.5. The topological polar surface area (TPSA) is 66.5 Å². The van der Waals surface area contributed by atoms with E-state index in [1.54, 1.807) is 18.2 Å². The van der Waals surface area contributed by atoms with Crippen molar-refractivity contribution < 1.29 is 13.2 Å². The van der Waals surface area contributed by atoms with Crippen LogP contribution >= 0.6 is 0 Å². The molecule has 1 amide bonds. The summed E-state index contributed by atoms with van der Waals surface area (Å²) in [6.07, 6.45) is 4.97. The van der Waals surface area contributed by atoms with Crippen LogP contribution in [0.3, 0.4) is 0 Å². The molecule has 1 heterocycles. The van der Waals surface area contributed by atoms with Crippen molar-refractivity contribution in [2.75, 3.05) is 16.2 Å². The van der Waals surface area contributed by atoms with Gasteiger partial charge in [-0.15, -0.1) is 0 Å². The Morgan fingerprint density at radius 1 is 0.933 bits per heavy atom. The van der Waals surface area contributed by atoms with Gasteiger partial charge in [-0.2, -0.15) is 0 Å². The monoisotopic (exact) mass is 420 g/mol. The molecule has 5 rings (SSSR count). The van der Waals surface area contributed by atoms with Gasteiger partial charge in [0.25, 0.3) is 10.0 Å². The Bertz CT molecular complexity index is 1230. The van der Waals surface area contributed by atoms with Crippen LogP contribution < -0.4 is 9.62 Å². The third kappa shape index (κ3) is 3.45. The van der Waals surface area contributed by atoms with Crippen molar-refractivity contribution in [1.82, 2.24) is 0 Å². The van der Waals surface area contributed by atoms with Crippen molar-refractivity contribution in [2.45, 2.75) is 37.0 Å². The molecule has 0 radical (unpaired) electrons. The van der Waals surface area contributed by atoms with Crippen molar-refractivity contribution >= 4 is 38.1 Å². The smallest absolute Gasteiger partial charge is 0.261 e. The zero-order valence-corrected chi connectivity index (χ0v) is 17.5. The minimum absolute atomic E-state index is 0.141. The van der Waals surface area contributed by atoms with Crippen LogP contribution in [0.4, 0.5) is 11.4 Å². The second-order valence-electron chi connectivity index (χ2n) is 8.18. The normalized spacial score (nSPS) is 16.7. The number of nitrogens with zero attached hydrogens (tertiary/aromatic N) is 1. The van der Waals surface area contributed by atoms with Crippen molar-refractivity contribution in [3.63, 3.8) is 0 Å². The second-order valence-corrected chi connectivity index (χ2v) is 9.86. The summed E-state index contributed by atoms with van der Waals surface area (Å²) >= 11 is 0. The summed E-state index contributed by atoms with van der Waals surface area (Å²) in [5.41, 5.74) is 2.46. The Kier molecular flexibility index (Phi) is 4.74. The van der Waals surface area contributed by atoms with Gasteiger partial charge in [-0.3, -0.25) is 9.52 Å². The van der Waals surface area contributed by atoms with Gasteiger partial charge in [0, 0.05) is 23.8 Å². The highest BCUT2D eigenvalue weighted by atomic mass is 32.2. The molecule has 154 valence electrons. The number of carbonyl (C=O) groups excluding carboxylic acids is 1. The van der Waals surface area contributed by atoms with Crippen LogP contribution in [0.15, 0.2) is 65.6 Å². The van der Waals surface area contributed by atoms with E-state index in [9.17, 15) is 13.2 Å². The van der Waals surface area contributed by atoms with Gasteiger partial charge in [-0.25, -0.2) is 8.42 Å². The first-order valence-electron chi connectivity index (χ1n) is 10.5. The molecule has 0 atom stereocenters. The molecule has 0 spiro atoms. The van der Waals surface area contributed by atoms with Gasteiger partial charge in [0.15, 0.2) is 0 Å². The van der Waals surface area contributed by atoms with Crippen LogP contribution in [0.25, 0.3) is 10.8 Å². The molecule has 0 saturated heterocycles. The molecule has 0 bridgehead atoms. The first kappa shape index (κ1) is 19.1. The van der Waals surface area contributed by atoms with E-state index in [-0.39, 0.29) is 16.7 Å². The SMILES string of the molecule is O=C(C1CCCC1)N1CCc2cc(NS(=O)(=O)c3ccc4ccccc4c3)ccc21. The Morgan fingerprint density at radius 2 is 1.70 bits per heavy atom. The van der Waals surface area contributed by atoms with E-state index in [2.05, 4.69) is 4.72 Å². The van der Waals surface area contributed by atoms with Crippen LogP contribution in [-0.2, 0) is 21.2 Å². The summed E-state index contributed by atoms with van der Waals surface area (Å²) in [5.74, 6) is 0.359. The molecule has 0 unspecified atom stereocenters. The number of fused-ring (bicyclic) bond motifs is 2. The minimum Gasteiger partial charge on any atom is -0.312 e. The maximum atomic E-state index is 12.9. The maximum absolute atomic E-state index is 12.9. The fraction of sp³-hybridized carbons (Fsp3) is 0.292. The second kappa shape index (κ2) is 7.43. The van der Waals surface area contributed by atoms with Crippen molar-refractivity contribution in [3.05, 3.63) is 66.2 Å². The van der Waals surface area contributed by atoms with Gasteiger partial charge < -0.3 is 4.90 Å². The van der Waals surface area contributed by atoms with Crippen LogP contribution in [0.1, 0.15) is 31.2 Å². The molecule has 1 aliphatic carbocycles. The first-order valence-corrected chi connectivity index (χ1v) is 12.0. The number of hydrogen-bond donors (Lipinski definition) is 1. The number of hydrogen-bond acceptors (Lipinski definition) is 3. The number of nitrogens with one attached hydrogen (secondary N) is 1. The van der Waals surface area contributed by atoms with Gasteiger partial charge in [-0.1, -0.05) is 43.2 Å². The summed E-state index contributed by atoms with van der Waals surface area (Å²) in [5, 5.41) is 1.89. The fourth-order valence-electron chi connectivity index (χ4n) is 4.64. The zero-order valence-electron chi connectivity index (χ0n) is 16.7. The molecule has 0 aromatic heterocycles. The van der Waals surface area contributed by atoms with Gasteiger partial charge in [0.05, 0.1) is 4.90 Å². The lowest BCUT2D eigenvalue weighted by Crippen LogP contribution is -2.33. The number of anilines is 2. The van der Waals surface area contributed by atoms with E-state index in [4.69, 9.17) is 0 Å². The molecule has 2 aliphatic rings. The average Bonchev–Trinajstić information content (AvgIpc) is 3.42. The van der Waals surface area contributed by atoms with E-state index < -0.39 is 10.0 Å².